The maximum absolute atomic E-state index is 12.8. The third-order valence-electron chi connectivity index (χ3n) is 4.69. The van der Waals surface area contributed by atoms with Gasteiger partial charge in [0.25, 0.3) is 5.56 Å². The maximum atomic E-state index is 12.8. The topological polar surface area (TPSA) is 111 Å². The minimum atomic E-state index is -0.541. The van der Waals surface area contributed by atoms with Crippen LogP contribution in [0.2, 0.25) is 0 Å². The standard InChI is InChI=1S/C22H21N5O4S/c1-13(20(28)24-14-9-16(30-2)11-17(10-14)31-3)32-22-25-19-18(21(29)26-22)12-23-27(19)15-7-5-4-6-8-15/h4-13H,1-3H3,(H,24,28)(H,25,26,29)/t13-/m0/s1. The number of carbonyl (C=O) groups is 1. The van der Waals surface area contributed by atoms with Crippen molar-refractivity contribution in [3.8, 4) is 17.2 Å². The van der Waals surface area contributed by atoms with Crippen LogP contribution in [0.1, 0.15) is 6.92 Å². The van der Waals surface area contributed by atoms with Gasteiger partial charge in [-0.1, -0.05) is 30.0 Å². The van der Waals surface area contributed by atoms with Crippen molar-refractivity contribution in [1.29, 1.82) is 0 Å². The Bertz CT molecular complexity index is 1300. The minimum Gasteiger partial charge on any atom is -0.497 e. The van der Waals surface area contributed by atoms with Crippen molar-refractivity contribution >= 4 is 34.4 Å². The molecule has 0 bridgehead atoms. The van der Waals surface area contributed by atoms with Crippen molar-refractivity contribution in [2.75, 3.05) is 19.5 Å². The van der Waals surface area contributed by atoms with Crippen molar-refractivity contribution in [2.45, 2.75) is 17.3 Å². The van der Waals surface area contributed by atoms with Gasteiger partial charge in [0.2, 0.25) is 5.91 Å². The summed E-state index contributed by atoms with van der Waals surface area (Å²) in [5.74, 6) is 0.862. The lowest BCUT2D eigenvalue weighted by atomic mass is 10.2. The molecule has 2 aromatic heterocycles. The number of hydrogen-bond acceptors (Lipinski definition) is 7. The molecule has 1 atom stereocenters. The Morgan fingerprint density at radius 1 is 1.12 bits per heavy atom. The number of benzene rings is 2. The number of carbonyl (C=O) groups excluding carboxylic acids is 1. The van der Waals surface area contributed by atoms with Crippen LogP contribution in [-0.4, -0.2) is 45.1 Å². The fraction of sp³-hybridized carbons (Fsp3) is 0.182. The second-order valence-electron chi connectivity index (χ2n) is 6.85. The van der Waals surface area contributed by atoms with E-state index in [1.807, 2.05) is 30.3 Å². The molecular weight excluding hydrogens is 430 g/mol. The van der Waals surface area contributed by atoms with Crippen LogP contribution >= 0.6 is 11.8 Å². The highest BCUT2D eigenvalue weighted by molar-refractivity contribution is 8.00. The molecule has 0 saturated carbocycles. The number of hydrogen-bond donors (Lipinski definition) is 2. The number of nitrogens with zero attached hydrogens (tertiary/aromatic N) is 3. The Morgan fingerprint density at radius 2 is 1.81 bits per heavy atom. The van der Waals surface area contributed by atoms with Gasteiger partial charge in [-0.05, 0) is 19.1 Å². The number of amides is 1. The molecule has 10 heteroatoms. The fourth-order valence-electron chi connectivity index (χ4n) is 3.06. The van der Waals surface area contributed by atoms with E-state index < -0.39 is 5.25 Å². The van der Waals surface area contributed by atoms with Gasteiger partial charge in [-0.15, -0.1) is 0 Å². The summed E-state index contributed by atoms with van der Waals surface area (Å²) in [5.41, 5.74) is 1.43. The van der Waals surface area contributed by atoms with Crippen LogP contribution < -0.4 is 20.3 Å². The molecule has 164 valence electrons. The highest BCUT2D eigenvalue weighted by Crippen LogP contribution is 2.27. The molecule has 32 heavy (non-hydrogen) atoms. The molecule has 4 aromatic rings. The molecule has 0 aliphatic heterocycles. The van der Waals surface area contributed by atoms with E-state index in [-0.39, 0.29) is 11.5 Å². The Balaban J connectivity index is 1.56. The molecule has 4 rings (SSSR count). The summed E-state index contributed by atoms with van der Waals surface area (Å²) in [6, 6.07) is 14.5. The first kappa shape index (κ1) is 21.4. The predicted molar refractivity (Wildman–Crippen MR) is 123 cm³/mol. The van der Waals surface area contributed by atoms with Crippen LogP contribution in [-0.2, 0) is 4.79 Å². The number of anilines is 1. The predicted octanol–water partition coefficient (Wildman–Crippen LogP) is 3.25. The lowest BCUT2D eigenvalue weighted by Crippen LogP contribution is -2.23. The number of nitrogens with one attached hydrogen (secondary N) is 2. The molecular formula is C22H21N5O4S. The maximum Gasteiger partial charge on any atom is 0.262 e. The smallest absolute Gasteiger partial charge is 0.262 e. The minimum absolute atomic E-state index is 0.260. The SMILES string of the molecule is COc1cc(NC(=O)[C@H](C)Sc2nc3c(cnn3-c3ccccc3)c(=O)[nH]2)cc(OC)c1. The Morgan fingerprint density at radius 3 is 2.47 bits per heavy atom. The molecule has 0 aliphatic rings. The van der Waals surface area contributed by atoms with E-state index in [1.54, 1.807) is 29.8 Å². The summed E-state index contributed by atoms with van der Waals surface area (Å²) in [5, 5.41) is 7.29. The van der Waals surface area contributed by atoms with E-state index >= 15 is 0 Å². The summed E-state index contributed by atoms with van der Waals surface area (Å²) in [7, 11) is 3.08. The summed E-state index contributed by atoms with van der Waals surface area (Å²) in [6.45, 7) is 1.73. The lowest BCUT2D eigenvalue weighted by Gasteiger charge is -2.13. The molecule has 0 spiro atoms. The molecule has 0 unspecified atom stereocenters. The van der Waals surface area contributed by atoms with Crippen LogP contribution in [0.15, 0.2) is 64.7 Å². The van der Waals surface area contributed by atoms with Gasteiger partial charge in [0.1, 0.15) is 16.9 Å². The Hall–Kier alpha value is -3.79. The van der Waals surface area contributed by atoms with E-state index in [0.717, 1.165) is 17.4 Å². The van der Waals surface area contributed by atoms with Gasteiger partial charge in [0.05, 0.1) is 31.4 Å². The number of H-pyrrole nitrogens is 1. The molecule has 0 saturated heterocycles. The molecule has 2 heterocycles. The molecule has 0 fully saturated rings. The van der Waals surface area contributed by atoms with Crippen LogP contribution in [0, 0.1) is 0 Å². The van der Waals surface area contributed by atoms with Gasteiger partial charge in [-0.25, -0.2) is 9.67 Å². The van der Waals surface area contributed by atoms with Gasteiger partial charge in [0, 0.05) is 23.9 Å². The second kappa shape index (κ2) is 9.15. The monoisotopic (exact) mass is 451 g/mol. The number of rotatable bonds is 7. The van der Waals surface area contributed by atoms with E-state index in [0.29, 0.717) is 33.4 Å². The third kappa shape index (κ3) is 4.45. The highest BCUT2D eigenvalue weighted by Gasteiger charge is 2.19. The second-order valence-corrected chi connectivity index (χ2v) is 8.18. The van der Waals surface area contributed by atoms with E-state index in [2.05, 4.69) is 20.4 Å². The normalized spacial score (nSPS) is 11.8. The zero-order valence-electron chi connectivity index (χ0n) is 17.7. The zero-order chi connectivity index (χ0) is 22.7. The van der Waals surface area contributed by atoms with E-state index in [4.69, 9.17) is 9.47 Å². The molecule has 0 radical (unpaired) electrons. The van der Waals surface area contributed by atoms with Crippen LogP contribution in [0.3, 0.4) is 0 Å². The first-order chi connectivity index (χ1) is 15.5. The number of methoxy groups -OCH3 is 2. The molecule has 2 aromatic carbocycles. The number of para-hydroxylation sites is 1. The average Bonchev–Trinajstić information content (AvgIpc) is 3.23. The Kier molecular flexibility index (Phi) is 6.13. The summed E-state index contributed by atoms with van der Waals surface area (Å²) in [6.07, 6.45) is 1.48. The molecule has 2 N–H and O–H groups in total. The molecule has 1 amide bonds. The number of aromatic nitrogens is 4. The van der Waals surface area contributed by atoms with Crippen molar-refractivity contribution in [3.05, 3.63) is 65.1 Å². The van der Waals surface area contributed by atoms with Gasteiger partial charge in [-0.2, -0.15) is 5.10 Å². The van der Waals surface area contributed by atoms with Crippen molar-refractivity contribution in [1.82, 2.24) is 19.7 Å². The van der Waals surface area contributed by atoms with E-state index in [9.17, 15) is 9.59 Å². The first-order valence-corrected chi connectivity index (χ1v) is 10.6. The number of ether oxygens (including phenoxy) is 2. The van der Waals surface area contributed by atoms with Gasteiger partial charge < -0.3 is 19.8 Å². The highest BCUT2D eigenvalue weighted by atomic mass is 32.2. The quantitative estimate of drug-likeness (QED) is 0.328. The number of aromatic amines is 1. The van der Waals surface area contributed by atoms with Gasteiger partial charge in [0.15, 0.2) is 10.8 Å². The number of thioether (sulfide) groups is 1. The van der Waals surface area contributed by atoms with Gasteiger partial charge in [-0.3, -0.25) is 9.59 Å². The summed E-state index contributed by atoms with van der Waals surface area (Å²) >= 11 is 1.14. The number of fused-ring (bicyclic) bond motifs is 1. The third-order valence-corrected chi connectivity index (χ3v) is 5.68. The van der Waals surface area contributed by atoms with Crippen molar-refractivity contribution < 1.29 is 14.3 Å². The van der Waals surface area contributed by atoms with Crippen molar-refractivity contribution in [3.63, 3.8) is 0 Å². The van der Waals surface area contributed by atoms with Crippen molar-refractivity contribution in [2.24, 2.45) is 0 Å². The van der Waals surface area contributed by atoms with Crippen LogP contribution in [0.4, 0.5) is 5.69 Å². The summed E-state index contributed by atoms with van der Waals surface area (Å²) < 4.78 is 12.1. The lowest BCUT2D eigenvalue weighted by molar-refractivity contribution is -0.115. The summed E-state index contributed by atoms with van der Waals surface area (Å²) in [4.78, 5) is 32.6. The first-order valence-electron chi connectivity index (χ1n) is 9.72. The molecule has 0 aliphatic carbocycles. The average molecular weight is 452 g/mol. The zero-order valence-corrected chi connectivity index (χ0v) is 18.5. The molecule has 9 nitrogen and oxygen atoms in total. The Labute approximate surface area is 187 Å². The van der Waals surface area contributed by atoms with Crippen LogP contribution in [0.25, 0.3) is 16.7 Å². The van der Waals surface area contributed by atoms with Crippen LogP contribution in [0.5, 0.6) is 11.5 Å². The fourth-order valence-corrected chi connectivity index (χ4v) is 3.85. The van der Waals surface area contributed by atoms with Gasteiger partial charge >= 0.3 is 0 Å². The largest absolute Gasteiger partial charge is 0.497 e. The van der Waals surface area contributed by atoms with E-state index in [1.165, 1.54) is 20.4 Å².